The molecule has 0 atom stereocenters. The molecule has 2 rings (SSSR count). The molecular weight excluding hydrogens is 130 g/mol. The molecule has 1 spiro atoms. The summed E-state index contributed by atoms with van der Waals surface area (Å²) in [6, 6.07) is 0. The minimum Gasteiger partial charge on any atom is -0.355 e. The van der Waals surface area contributed by atoms with E-state index in [9.17, 15) is 9.59 Å². The van der Waals surface area contributed by atoms with E-state index in [0.29, 0.717) is 25.0 Å². The molecule has 2 aliphatic rings. The molecule has 0 bridgehead atoms. The van der Waals surface area contributed by atoms with E-state index < -0.39 is 0 Å². The molecule has 1 aliphatic carbocycles. The van der Waals surface area contributed by atoms with Crippen LogP contribution < -0.4 is 5.32 Å². The quantitative estimate of drug-likeness (QED) is 0.507. The fraction of sp³-hybridized carbons (Fsp3) is 0.714. The highest BCUT2D eigenvalue weighted by atomic mass is 16.2. The smallest absolute Gasteiger partial charge is 0.220 e. The highest BCUT2D eigenvalue weighted by Gasteiger charge is 2.48. The standard InChI is InChI=1S/C7H9NO2/c9-5-1-7(2-5)3-6(10)8-4-7/h1-4H2,(H,8,10). The van der Waals surface area contributed by atoms with Gasteiger partial charge >= 0.3 is 0 Å². The molecule has 1 saturated carbocycles. The Kier molecular flexibility index (Phi) is 0.938. The van der Waals surface area contributed by atoms with Gasteiger partial charge in [0.2, 0.25) is 5.91 Å². The van der Waals surface area contributed by atoms with E-state index >= 15 is 0 Å². The molecule has 0 aromatic carbocycles. The van der Waals surface area contributed by atoms with Crippen LogP contribution in [0.2, 0.25) is 0 Å². The number of carbonyl (C=O) groups is 2. The SMILES string of the molecule is O=C1CC2(CNC(=O)C2)C1. The van der Waals surface area contributed by atoms with Crippen molar-refractivity contribution in [2.24, 2.45) is 5.41 Å². The number of amides is 1. The van der Waals surface area contributed by atoms with Crippen molar-refractivity contribution in [3.05, 3.63) is 0 Å². The Morgan fingerprint density at radius 1 is 1.20 bits per heavy atom. The minimum absolute atomic E-state index is 0.0498. The van der Waals surface area contributed by atoms with E-state index in [1.54, 1.807) is 0 Å². The number of rotatable bonds is 0. The summed E-state index contributed by atoms with van der Waals surface area (Å²) in [5, 5.41) is 2.74. The van der Waals surface area contributed by atoms with E-state index in [1.165, 1.54) is 0 Å². The Bertz CT molecular complexity index is 202. The first kappa shape index (κ1) is 5.89. The van der Waals surface area contributed by atoms with Crippen LogP contribution in [0.1, 0.15) is 19.3 Å². The van der Waals surface area contributed by atoms with Crippen molar-refractivity contribution in [2.75, 3.05) is 6.54 Å². The van der Waals surface area contributed by atoms with Gasteiger partial charge in [-0.05, 0) is 0 Å². The lowest BCUT2D eigenvalue weighted by atomic mass is 9.67. The van der Waals surface area contributed by atoms with Crippen LogP contribution >= 0.6 is 0 Å². The van der Waals surface area contributed by atoms with Crippen molar-refractivity contribution >= 4 is 11.7 Å². The van der Waals surface area contributed by atoms with Crippen molar-refractivity contribution in [3.8, 4) is 0 Å². The summed E-state index contributed by atoms with van der Waals surface area (Å²) in [5.74, 6) is 0.406. The predicted octanol–water partition coefficient (Wildman–Crippen LogP) is -0.144. The Labute approximate surface area is 58.8 Å². The molecule has 2 fully saturated rings. The average Bonchev–Trinajstić information content (AvgIpc) is 2.10. The molecule has 1 heterocycles. The van der Waals surface area contributed by atoms with Gasteiger partial charge in [-0.15, -0.1) is 0 Å². The molecular formula is C7H9NO2. The predicted molar refractivity (Wildman–Crippen MR) is 34.3 cm³/mol. The van der Waals surface area contributed by atoms with Crippen molar-refractivity contribution < 1.29 is 9.59 Å². The van der Waals surface area contributed by atoms with Gasteiger partial charge in [-0.1, -0.05) is 0 Å². The van der Waals surface area contributed by atoms with Gasteiger partial charge in [0.05, 0.1) is 0 Å². The van der Waals surface area contributed by atoms with Crippen LogP contribution in [0.25, 0.3) is 0 Å². The summed E-state index contributed by atoms with van der Waals surface area (Å²) in [5.41, 5.74) is 0.0498. The summed E-state index contributed by atoms with van der Waals surface area (Å²) in [7, 11) is 0. The van der Waals surface area contributed by atoms with Crippen molar-refractivity contribution in [1.82, 2.24) is 5.32 Å². The molecule has 1 N–H and O–H groups in total. The van der Waals surface area contributed by atoms with Crippen molar-refractivity contribution in [3.63, 3.8) is 0 Å². The minimum atomic E-state index is 0.0498. The second kappa shape index (κ2) is 1.59. The van der Waals surface area contributed by atoms with Crippen LogP contribution in [-0.4, -0.2) is 18.2 Å². The Balaban J connectivity index is 2.07. The van der Waals surface area contributed by atoms with E-state index in [-0.39, 0.29) is 11.3 Å². The number of carbonyl (C=O) groups excluding carboxylic acids is 2. The number of nitrogens with one attached hydrogen (secondary N) is 1. The molecule has 54 valence electrons. The zero-order chi connectivity index (χ0) is 7.19. The maximum absolute atomic E-state index is 10.7. The molecule has 1 saturated heterocycles. The van der Waals surface area contributed by atoms with Crippen LogP contribution in [0, 0.1) is 5.41 Å². The van der Waals surface area contributed by atoms with Gasteiger partial charge in [-0.2, -0.15) is 0 Å². The third-order valence-electron chi connectivity index (χ3n) is 2.34. The van der Waals surface area contributed by atoms with Gasteiger partial charge in [0, 0.05) is 31.2 Å². The van der Waals surface area contributed by atoms with Gasteiger partial charge in [-0.3, -0.25) is 9.59 Å². The maximum Gasteiger partial charge on any atom is 0.220 e. The van der Waals surface area contributed by atoms with Gasteiger partial charge in [0.15, 0.2) is 0 Å². The van der Waals surface area contributed by atoms with Crippen LogP contribution in [0.5, 0.6) is 0 Å². The monoisotopic (exact) mass is 139 g/mol. The summed E-state index contributed by atoms with van der Waals surface area (Å²) in [6.45, 7) is 0.720. The fourth-order valence-electron chi connectivity index (χ4n) is 1.79. The zero-order valence-electron chi connectivity index (χ0n) is 5.64. The number of hydrogen-bond acceptors (Lipinski definition) is 2. The summed E-state index contributed by atoms with van der Waals surface area (Å²) >= 11 is 0. The molecule has 3 nitrogen and oxygen atoms in total. The number of Topliss-reactive ketones (excluding diaryl/α,β-unsaturated/α-hetero) is 1. The first-order chi connectivity index (χ1) is 4.70. The molecule has 3 heteroatoms. The van der Waals surface area contributed by atoms with Crippen LogP contribution in [0.15, 0.2) is 0 Å². The molecule has 0 aromatic heterocycles. The Hall–Kier alpha value is -0.860. The molecule has 1 amide bonds. The third kappa shape index (κ3) is 0.664. The van der Waals surface area contributed by atoms with Gasteiger partial charge in [-0.25, -0.2) is 0 Å². The average molecular weight is 139 g/mol. The largest absolute Gasteiger partial charge is 0.355 e. The van der Waals surface area contributed by atoms with E-state index in [2.05, 4.69) is 5.32 Å². The molecule has 0 radical (unpaired) electrons. The summed E-state index contributed by atoms with van der Waals surface area (Å²) in [6.07, 6.45) is 1.80. The lowest BCUT2D eigenvalue weighted by Gasteiger charge is -2.34. The fourth-order valence-corrected chi connectivity index (χ4v) is 1.79. The number of hydrogen-bond donors (Lipinski definition) is 1. The molecule has 1 aliphatic heterocycles. The second-order valence-corrected chi connectivity index (χ2v) is 3.35. The normalized spacial score (nSPS) is 28.4. The Morgan fingerprint density at radius 2 is 1.90 bits per heavy atom. The van der Waals surface area contributed by atoms with Gasteiger partial charge < -0.3 is 5.32 Å². The second-order valence-electron chi connectivity index (χ2n) is 3.35. The van der Waals surface area contributed by atoms with E-state index in [1.807, 2.05) is 0 Å². The first-order valence-electron chi connectivity index (χ1n) is 3.49. The topological polar surface area (TPSA) is 46.2 Å². The van der Waals surface area contributed by atoms with Crippen molar-refractivity contribution in [2.45, 2.75) is 19.3 Å². The summed E-state index contributed by atoms with van der Waals surface area (Å²) < 4.78 is 0. The van der Waals surface area contributed by atoms with Crippen LogP contribution in [0.3, 0.4) is 0 Å². The van der Waals surface area contributed by atoms with E-state index in [4.69, 9.17) is 0 Å². The zero-order valence-corrected chi connectivity index (χ0v) is 5.64. The highest BCUT2D eigenvalue weighted by Crippen LogP contribution is 2.43. The highest BCUT2D eigenvalue weighted by molar-refractivity contribution is 5.91. The van der Waals surface area contributed by atoms with Crippen molar-refractivity contribution in [1.29, 1.82) is 0 Å². The molecule has 10 heavy (non-hydrogen) atoms. The van der Waals surface area contributed by atoms with E-state index in [0.717, 1.165) is 6.54 Å². The Morgan fingerprint density at radius 3 is 2.30 bits per heavy atom. The van der Waals surface area contributed by atoms with Crippen LogP contribution in [0.4, 0.5) is 0 Å². The number of ketones is 1. The van der Waals surface area contributed by atoms with Gasteiger partial charge in [0.25, 0.3) is 0 Å². The maximum atomic E-state index is 10.7. The molecule has 0 aromatic rings. The molecule has 0 unspecified atom stereocenters. The van der Waals surface area contributed by atoms with Crippen LogP contribution in [-0.2, 0) is 9.59 Å². The third-order valence-corrected chi connectivity index (χ3v) is 2.34. The lowest BCUT2D eigenvalue weighted by molar-refractivity contribution is -0.132. The first-order valence-corrected chi connectivity index (χ1v) is 3.49. The van der Waals surface area contributed by atoms with Gasteiger partial charge in [0.1, 0.15) is 5.78 Å². The lowest BCUT2D eigenvalue weighted by Crippen LogP contribution is -2.39. The summed E-state index contributed by atoms with van der Waals surface area (Å²) in [4.78, 5) is 21.4.